The number of piperazine rings is 1. The zero-order chi connectivity index (χ0) is 33.0. The maximum atomic E-state index is 12.5. The Balaban J connectivity index is 0.000000243. The zero-order valence-corrected chi connectivity index (χ0v) is 27.9. The molecule has 0 radical (unpaired) electrons. The number of methoxy groups -OCH3 is 2. The molecule has 1 aromatic heterocycles. The normalized spacial score (nSPS) is 12.8. The molecule has 2 heterocycles. The highest BCUT2D eigenvalue weighted by Gasteiger charge is 2.19. The molecular weight excluding hydrogens is 568 g/mol. The van der Waals surface area contributed by atoms with Crippen LogP contribution in [0.15, 0.2) is 85.1 Å². The van der Waals surface area contributed by atoms with Crippen molar-refractivity contribution in [2.24, 2.45) is 7.05 Å². The minimum atomic E-state index is 0.0763. The van der Waals surface area contributed by atoms with Crippen molar-refractivity contribution in [3.8, 4) is 5.75 Å². The van der Waals surface area contributed by atoms with Crippen molar-refractivity contribution in [3.63, 3.8) is 0 Å². The fraction of sp³-hybridized carbons (Fsp3) is 0.417. The largest absolute Gasteiger partial charge is 0.495 e. The number of aliphatic hydroxyl groups is 2. The number of rotatable bonds is 9. The summed E-state index contributed by atoms with van der Waals surface area (Å²) < 4.78 is 12.5. The van der Waals surface area contributed by atoms with Gasteiger partial charge in [0.15, 0.2) is 5.78 Å². The second kappa shape index (κ2) is 21.1. The van der Waals surface area contributed by atoms with Gasteiger partial charge in [0.05, 0.1) is 19.5 Å². The second-order valence-corrected chi connectivity index (χ2v) is 10.8. The van der Waals surface area contributed by atoms with E-state index in [0.29, 0.717) is 6.42 Å². The van der Waals surface area contributed by atoms with Crippen LogP contribution in [0.25, 0.3) is 10.9 Å². The molecule has 0 atom stereocenters. The van der Waals surface area contributed by atoms with E-state index in [1.807, 2.05) is 84.5 Å². The van der Waals surface area contributed by atoms with Crippen molar-refractivity contribution in [1.29, 1.82) is 0 Å². The number of ether oxygens (including phenoxy) is 2. The van der Waals surface area contributed by atoms with Gasteiger partial charge in [0.1, 0.15) is 5.75 Å². The number of hydrogen-bond acceptors (Lipinski definition) is 8. The van der Waals surface area contributed by atoms with E-state index in [2.05, 4.69) is 47.9 Å². The van der Waals surface area contributed by atoms with Crippen LogP contribution in [-0.4, -0.2) is 111 Å². The summed E-state index contributed by atoms with van der Waals surface area (Å²) in [4.78, 5) is 19.3. The van der Waals surface area contributed by atoms with Crippen LogP contribution in [0, 0.1) is 0 Å². The van der Waals surface area contributed by atoms with E-state index >= 15 is 0 Å². The van der Waals surface area contributed by atoms with Gasteiger partial charge in [0.2, 0.25) is 0 Å². The lowest BCUT2D eigenvalue weighted by molar-refractivity contribution is 0.0595. The molecule has 0 aliphatic carbocycles. The lowest BCUT2D eigenvalue weighted by atomic mass is 10.0. The Morgan fingerprint density at radius 2 is 1.42 bits per heavy atom. The smallest absolute Gasteiger partial charge is 0.195 e. The lowest BCUT2D eigenvalue weighted by Crippen LogP contribution is -2.47. The third kappa shape index (κ3) is 12.3. The predicted octanol–water partition coefficient (Wildman–Crippen LogP) is 4.76. The average molecular weight is 621 g/mol. The lowest BCUT2D eigenvalue weighted by Gasteiger charge is -2.36. The molecule has 0 bridgehead atoms. The quantitative estimate of drug-likeness (QED) is 0.259. The summed E-state index contributed by atoms with van der Waals surface area (Å²) in [7, 11) is 9.54. The van der Waals surface area contributed by atoms with Gasteiger partial charge in [-0.1, -0.05) is 67.6 Å². The number of carbonyl (C=O) groups is 1. The van der Waals surface area contributed by atoms with E-state index in [4.69, 9.17) is 19.7 Å². The minimum Gasteiger partial charge on any atom is -0.495 e. The monoisotopic (exact) mass is 620 g/mol. The Hall–Kier alpha value is -3.73. The first kappa shape index (κ1) is 37.5. The van der Waals surface area contributed by atoms with Crippen LogP contribution in [0.2, 0.25) is 0 Å². The number of para-hydroxylation sites is 3. The van der Waals surface area contributed by atoms with Gasteiger partial charge in [0, 0.05) is 81.8 Å². The van der Waals surface area contributed by atoms with E-state index in [9.17, 15) is 4.79 Å². The highest BCUT2D eigenvalue weighted by atomic mass is 16.5. The van der Waals surface area contributed by atoms with Gasteiger partial charge in [-0.25, -0.2) is 0 Å². The Morgan fingerprint density at radius 3 is 1.98 bits per heavy atom. The van der Waals surface area contributed by atoms with Gasteiger partial charge in [-0.2, -0.15) is 0 Å². The van der Waals surface area contributed by atoms with E-state index in [1.165, 1.54) is 5.69 Å². The molecule has 0 unspecified atom stereocenters. The van der Waals surface area contributed by atoms with Crippen molar-refractivity contribution in [2.75, 3.05) is 85.9 Å². The first-order valence-electron chi connectivity index (χ1n) is 15.4. The maximum absolute atomic E-state index is 12.5. The molecule has 2 N–H and O–H groups in total. The van der Waals surface area contributed by atoms with Crippen LogP contribution in [0.1, 0.15) is 29.3 Å². The van der Waals surface area contributed by atoms with Gasteiger partial charge in [-0.15, -0.1) is 0 Å². The summed E-state index contributed by atoms with van der Waals surface area (Å²) in [6, 6.07) is 25.5. The summed E-state index contributed by atoms with van der Waals surface area (Å²) in [6.45, 7) is 8.28. The molecule has 5 rings (SSSR count). The molecule has 0 amide bonds. The van der Waals surface area contributed by atoms with Gasteiger partial charge in [-0.05, 0) is 45.3 Å². The fourth-order valence-electron chi connectivity index (χ4n) is 4.53. The van der Waals surface area contributed by atoms with Gasteiger partial charge >= 0.3 is 0 Å². The van der Waals surface area contributed by atoms with E-state index in [1.54, 1.807) is 14.2 Å². The van der Waals surface area contributed by atoms with Gasteiger partial charge in [0.25, 0.3) is 0 Å². The molecule has 3 aromatic carbocycles. The zero-order valence-electron chi connectivity index (χ0n) is 27.9. The summed E-state index contributed by atoms with van der Waals surface area (Å²) in [5.41, 5.74) is 3.76. The maximum Gasteiger partial charge on any atom is 0.195 e. The molecule has 4 aromatic rings. The van der Waals surface area contributed by atoms with E-state index in [0.717, 1.165) is 67.2 Å². The standard InChI is InChI=1S/C16H13NO.C13H20N2O2.C4H11N.C3H8O2/c1-17-11-14(13-9-5-6-10-15(13)17)16(18)12-7-3-2-4-8-12;1-16-11-14-7-9-15(10-8-14)12-5-3-4-6-13(12)17-2;1-4-5(2)3;4-2-1-3-5/h2-11H,1H3;3-6H,7-11H2,1-2H3;4H2,1-3H3;4-5H,1-3H2. The molecule has 45 heavy (non-hydrogen) atoms. The number of nitrogens with zero attached hydrogens (tertiary/aromatic N) is 4. The van der Waals surface area contributed by atoms with Crippen LogP contribution < -0.4 is 9.64 Å². The summed E-state index contributed by atoms with van der Waals surface area (Å²) in [5, 5.41) is 16.8. The number of carbonyl (C=O) groups excluding carboxylic acids is 1. The van der Waals surface area contributed by atoms with Crippen LogP contribution in [0.5, 0.6) is 5.75 Å². The Morgan fingerprint density at radius 1 is 0.844 bits per heavy atom. The van der Waals surface area contributed by atoms with Crippen LogP contribution >= 0.6 is 0 Å². The number of anilines is 1. The molecule has 1 saturated heterocycles. The molecular formula is C36H52N4O5. The topological polar surface area (TPSA) is 90.6 Å². The van der Waals surface area contributed by atoms with Gasteiger partial charge < -0.3 is 34.1 Å². The Labute approximate surface area is 269 Å². The molecule has 9 heteroatoms. The molecule has 1 aliphatic rings. The fourth-order valence-corrected chi connectivity index (χ4v) is 4.53. The first-order chi connectivity index (χ1) is 21.8. The number of aliphatic hydroxyl groups excluding tert-OH is 2. The highest BCUT2D eigenvalue weighted by molar-refractivity contribution is 6.16. The summed E-state index contributed by atoms with van der Waals surface area (Å²) in [6.07, 6.45) is 2.40. The molecule has 0 spiro atoms. The second-order valence-electron chi connectivity index (χ2n) is 10.8. The number of hydrogen-bond donors (Lipinski definition) is 2. The van der Waals surface area contributed by atoms with E-state index < -0.39 is 0 Å². The SMILES string of the molecule is CCN(C)C.COCN1CCN(c2ccccc2OC)CC1.Cn1cc(C(=O)c2ccccc2)c2ccccc21.OCCCO. The third-order valence-corrected chi connectivity index (χ3v) is 7.24. The van der Waals surface area contributed by atoms with Crippen molar-refractivity contribution in [2.45, 2.75) is 13.3 Å². The summed E-state index contributed by atoms with van der Waals surface area (Å²) >= 11 is 0. The Kier molecular flexibility index (Phi) is 17.6. The summed E-state index contributed by atoms with van der Waals surface area (Å²) in [5.74, 6) is 1.03. The van der Waals surface area contributed by atoms with Crippen molar-refractivity contribution in [1.82, 2.24) is 14.4 Å². The van der Waals surface area contributed by atoms with E-state index in [-0.39, 0.29) is 19.0 Å². The molecule has 9 nitrogen and oxygen atoms in total. The number of ketones is 1. The van der Waals surface area contributed by atoms with Crippen molar-refractivity contribution < 1.29 is 24.5 Å². The van der Waals surface area contributed by atoms with Crippen molar-refractivity contribution >= 4 is 22.4 Å². The molecule has 1 fully saturated rings. The van der Waals surface area contributed by atoms with Gasteiger partial charge in [-0.3, -0.25) is 9.69 Å². The number of fused-ring (bicyclic) bond motifs is 1. The highest BCUT2D eigenvalue weighted by Crippen LogP contribution is 2.28. The molecule has 1 aliphatic heterocycles. The Bertz CT molecular complexity index is 1370. The minimum absolute atomic E-state index is 0.0763. The van der Waals surface area contributed by atoms with Crippen LogP contribution in [0.3, 0.4) is 0 Å². The van der Waals surface area contributed by atoms with Crippen molar-refractivity contribution in [3.05, 3.63) is 96.2 Å². The van der Waals surface area contributed by atoms with Crippen LogP contribution in [0.4, 0.5) is 5.69 Å². The number of aromatic nitrogens is 1. The number of benzene rings is 3. The third-order valence-electron chi connectivity index (χ3n) is 7.24. The molecule has 0 saturated carbocycles. The molecule has 246 valence electrons. The predicted molar refractivity (Wildman–Crippen MR) is 184 cm³/mol. The van der Waals surface area contributed by atoms with Crippen LogP contribution in [-0.2, 0) is 11.8 Å². The average Bonchev–Trinajstić information content (AvgIpc) is 3.42. The number of aryl methyl sites for hydroxylation is 1. The first-order valence-corrected chi connectivity index (χ1v) is 15.4.